The van der Waals surface area contributed by atoms with Crippen LogP contribution in [-0.2, 0) is 6.42 Å². The number of likely N-dealkylation sites (N-methyl/N-ethyl adjacent to an activating group) is 1. The van der Waals surface area contributed by atoms with Gasteiger partial charge in [0.2, 0.25) is 0 Å². The van der Waals surface area contributed by atoms with Crippen LogP contribution in [0.4, 0.5) is 11.4 Å². The van der Waals surface area contributed by atoms with Crippen molar-refractivity contribution in [3.8, 4) is 0 Å². The third kappa shape index (κ3) is 3.03. The number of anilines is 2. The first-order valence-corrected chi connectivity index (χ1v) is 8.59. The molecular weight excluding hydrogens is 258 g/mol. The Labute approximate surface area is 129 Å². The summed E-state index contributed by atoms with van der Waals surface area (Å²) in [7, 11) is 0. The molecule has 0 aliphatic carbocycles. The van der Waals surface area contributed by atoms with E-state index < -0.39 is 0 Å². The van der Waals surface area contributed by atoms with E-state index in [0.717, 1.165) is 6.04 Å². The summed E-state index contributed by atoms with van der Waals surface area (Å²) < 4.78 is 0. The molecule has 0 radical (unpaired) electrons. The Morgan fingerprint density at radius 2 is 2.05 bits per heavy atom. The monoisotopic (exact) mass is 287 g/mol. The highest BCUT2D eigenvalue weighted by Crippen LogP contribution is 2.31. The topological polar surface area (TPSA) is 18.5 Å². The van der Waals surface area contributed by atoms with Crippen LogP contribution in [0.1, 0.15) is 39.2 Å². The second-order valence-electron chi connectivity index (χ2n) is 6.54. The van der Waals surface area contributed by atoms with E-state index in [1.54, 1.807) is 0 Å². The molecule has 1 fully saturated rings. The van der Waals surface area contributed by atoms with Crippen LogP contribution in [-0.4, -0.2) is 43.2 Å². The van der Waals surface area contributed by atoms with Crippen molar-refractivity contribution in [2.45, 2.75) is 52.1 Å². The van der Waals surface area contributed by atoms with Crippen molar-refractivity contribution in [3.05, 3.63) is 23.8 Å². The fourth-order valence-corrected chi connectivity index (χ4v) is 3.85. The van der Waals surface area contributed by atoms with E-state index in [1.165, 1.54) is 62.4 Å². The van der Waals surface area contributed by atoms with Crippen molar-refractivity contribution in [1.29, 1.82) is 0 Å². The Hall–Kier alpha value is -1.22. The van der Waals surface area contributed by atoms with E-state index in [1.807, 2.05) is 0 Å². The summed E-state index contributed by atoms with van der Waals surface area (Å²) in [5.74, 6) is 0. The molecule has 1 saturated heterocycles. The molecule has 0 amide bonds. The minimum Gasteiger partial charge on any atom is -0.382 e. The zero-order chi connectivity index (χ0) is 14.8. The zero-order valence-electron chi connectivity index (χ0n) is 13.7. The van der Waals surface area contributed by atoms with Crippen molar-refractivity contribution in [2.24, 2.45) is 0 Å². The van der Waals surface area contributed by atoms with Gasteiger partial charge in [0.1, 0.15) is 0 Å². The summed E-state index contributed by atoms with van der Waals surface area (Å²) >= 11 is 0. The van der Waals surface area contributed by atoms with Gasteiger partial charge in [-0.15, -0.1) is 0 Å². The highest BCUT2D eigenvalue weighted by Gasteiger charge is 2.26. The number of fused-ring (bicyclic) bond motifs is 1. The van der Waals surface area contributed by atoms with E-state index in [9.17, 15) is 0 Å². The molecule has 1 aromatic rings. The van der Waals surface area contributed by atoms with Crippen molar-refractivity contribution in [1.82, 2.24) is 4.90 Å². The van der Waals surface area contributed by atoms with Gasteiger partial charge in [-0.25, -0.2) is 0 Å². The predicted molar refractivity (Wildman–Crippen MR) is 91.4 cm³/mol. The van der Waals surface area contributed by atoms with E-state index >= 15 is 0 Å². The lowest BCUT2D eigenvalue weighted by atomic mass is 9.98. The van der Waals surface area contributed by atoms with Crippen LogP contribution in [0.25, 0.3) is 0 Å². The average Bonchev–Trinajstić information content (AvgIpc) is 2.98. The first-order chi connectivity index (χ1) is 10.2. The number of hydrogen-bond acceptors (Lipinski definition) is 3. The molecule has 21 heavy (non-hydrogen) atoms. The fourth-order valence-electron chi connectivity index (χ4n) is 3.85. The van der Waals surface area contributed by atoms with E-state index in [4.69, 9.17) is 0 Å². The first kappa shape index (κ1) is 14.7. The van der Waals surface area contributed by atoms with Crippen LogP contribution in [0.3, 0.4) is 0 Å². The van der Waals surface area contributed by atoms with Crippen molar-refractivity contribution in [2.75, 3.05) is 36.4 Å². The van der Waals surface area contributed by atoms with Gasteiger partial charge in [0, 0.05) is 36.5 Å². The molecule has 2 aliphatic heterocycles. The molecule has 3 rings (SSSR count). The third-order valence-electron chi connectivity index (χ3n) is 5.19. The Kier molecular flexibility index (Phi) is 4.39. The molecule has 1 N–H and O–H groups in total. The Balaban J connectivity index is 1.71. The van der Waals surface area contributed by atoms with Crippen LogP contribution in [0.15, 0.2) is 18.2 Å². The second-order valence-corrected chi connectivity index (χ2v) is 6.54. The smallest absolute Gasteiger partial charge is 0.0376 e. The highest BCUT2D eigenvalue weighted by molar-refractivity contribution is 5.62. The summed E-state index contributed by atoms with van der Waals surface area (Å²) in [5, 5.41) is 3.60. The number of aryl methyl sites for hydroxylation is 1. The Bertz CT molecular complexity index is 481. The summed E-state index contributed by atoms with van der Waals surface area (Å²) in [6, 6.07) is 8.34. The molecule has 1 aromatic carbocycles. The summed E-state index contributed by atoms with van der Waals surface area (Å²) in [6.45, 7) is 11.5. The molecular formula is C18H29N3. The van der Waals surface area contributed by atoms with Crippen LogP contribution >= 0.6 is 0 Å². The predicted octanol–water partition coefficient (Wildman–Crippen LogP) is 3.35. The van der Waals surface area contributed by atoms with Gasteiger partial charge in [-0.1, -0.05) is 13.8 Å². The number of hydrogen-bond donors (Lipinski definition) is 1. The quantitative estimate of drug-likeness (QED) is 0.916. The first-order valence-electron chi connectivity index (χ1n) is 8.59. The lowest BCUT2D eigenvalue weighted by Gasteiger charge is -2.28. The third-order valence-corrected chi connectivity index (χ3v) is 5.19. The van der Waals surface area contributed by atoms with Crippen molar-refractivity contribution in [3.63, 3.8) is 0 Å². The number of nitrogens with one attached hydrogen (secondary N) is 1. The number of nitrogens with zero attached hydrogens (tertiary/aromatic N) is 2. The molecule has 0 saturated carbocycles. The van der Waals surface area contributed by atoms with Gasteiger partial charge in [-0.2, -0.15) is 0 Å². The van der Waals surface area contributed by atoms with Gasteiger partial charge >= 0.3 is 0 Å². The minimum absolute atomic E-state index is 0.613. The zero-order valence-corrected chi connectivity index (χ0v) is 13.7. The van der Waals surface area contributed by atoms with Crippen molar-refractivity contribution < 1.29 is 0 Å². The molecule has 2 unspecified atom stereocenters. The van der Waals surface area contributed by atoms with Crippen molar-refractivity contribution >= 4 is 11.4 Å². The maximum atomic E-state index is 3.60. The van der Waals surface area contributed by atoms with Gasteiger partial charge in [-0.05, 0) is 63.0 Å². The molecule has 2 aliphatic rings. The molecule has 0 bridgehead atoms. The molecule has 2 atom stereocenters. The Morgan fingerprint density at radius 3 is 2.81 bits per heavy atom. The van der Waals surface area contributed by atoms with Gasteiger partial charge in [0.15, 0.2) is 0 Å². The molecule has 0 spiro atoms. The second kappa shape index (κ2) is 6.27. The SMILES string of the molecule is CCN(CC)C1CCN(c2ccc3c(c2)CCC(C)N3)C1. The van der Waals surface area contributed by atoms with E-state index in [-0.39, 0.29) is 0 Å². The van der Waals surface area contributed by atoms with Gasteiger partial charge in [-0.3, -0.25) is 4.90 Å². The maximum Gasteiger partial charge on any atom is 0.0376 e. The average molecular weight is 287 g/mol. The number of benzene rings is 1. The van der Waals surface area contributed by atoms with Crippen LogP contribution in [0.2, 0.25) is 0 Å². The standard InChI is InChI=1S/C18H29N3/c1-4-20(5-2)17-10-11-21(13-17)16-8-9-18-15(12-16)7-6-14(3)19-18/h8-9,12,14,17,19H,4-7,10-11,13H2,1-3H3. The molecule has 116 valence electrons. The van der Waals surface area contributed by atoms with Crippen LogP contribution in [0.5, 0.6) is 0 Å². The van der Waals surface area contributed by atoms with E-state index in [0.29, 0.717) is 6.04 Å². The van der Waals surface area contributed by atoms with Crippen LogP contribution in [0, 0.1) is 0 Å². The molecule has 0 aromatic heterocycles. The molecule has 2 heterocycles. The van der Waals surface area contributed by atoms with Crippen LogP contribution < -0.4 is 10.2 Å². The largest absolute Gasteiger partial charge is 0.382 e. The normalized spacial score (nSPS) is 25.0. The fraction of sp³-hybridized carbons (Fsp3) is 0.667. The molecule has 3 heteroatoms. The highest BCUT2D eigenvalue weighted by atomic mass is 15.2. The number of rotatable bonds is 4. The summed E-state index contributed by atoms with van der Waals surface area (Å²) in [5.41, 5.74) is 4.26. The summed E-state index contributed by atoms with van der Waals surface area (Å²) in [6.07, 6.45) is 3.76. The lowest BCUT2D eigenvalue weighted by molar-refractivity contribution is 0.232. The Morgan fingerprint density at radius 1 is 1.24 bits per heavy atom. The minimum atomic E-state index is 0.613. The van der Waals surface area contributed by atoms with E-state index in [2.05, 4.69) is 54.1 Å². The molecule has 3 nitrogen and oxygen atoms in total. The lowest BCUT2D eigenvalue weighted by Crippen LogP contribution is -2.37. The van der Waals surface area contributed by atoms with Gasteiger partial charge in [0.25, 0.3) is 0 Å². The maximum absolute atomic E-state index is 3.60. The van der Waals surface area contributed by atoms with Gasteiger partial charge in [0.05, 0.1) is 0 Å². The van der Waals surface area contributed by atoms with Gasteiger partial charge < -0.3 is 10.2 Å². The summed E-state index contributed by atoms with van der Waals surface area (Å²) in [4.78, 5) is 5.17.